The molecule has 0 saturated heterocycles. The summed E-state index contributed by atoms with van der Waals surface area (Å²) in [4.78, 5) is 0. The van der Waals surface area contributed by atoms with Gasteiger partial charge in [0.1, 0.15) is 19.8 Å². The zero-order valence-corrected chi connectivity index (χ0v) is 12.2. The number of benzene rings is 2. The van der Waals surface area contributed by atoms with Crippen molar-refractivity contribution < 1.29 is 18.6 Å². The Bertz CT molecular complexity index is 631. The predicted octanol–water partition coefficient (Wildman–Crippen LogP) is 3.94. The van der Waals surface area contributed by atoms with Gasteiger partial charge < -0.3 is 14.2 Å². The van der Waals surface area contributed by atoms with E-state index in [0.29, 0.717) is 24.7 Å². The maximum Gasteiger partial charge on any atom is 0.165 e. The molecule has 0 unspecified atom stereocenters. The third kappa shape index (κ3) is 2.72. The third-order valence-electron chi connectivity index (χ3n) is 2.93. The molecular weight excluding hydrogens is 327 g/mol. The van der Waals surface area contributed by atoms with E-state index >= 15 is 0 Å². The molecule has 3 nitrogen and oxygen atoms in total. The van der Waals surface area contributed by atoms with Crippen molar-refractivity contribution in [3.8, 4) is 17.2 Å². The molecule has 0 amide bonds. The third-order valence-corrected chi connectivity index (χ3v) is 3.67. The van der Waals surface area contributed by atoms with E-state index in [1.165, 1.54) is 6.07 Å². The summed E-state index contributed by atoms with van der Waals surface area (Å²) < 4.78 is 30.8. The Morgan fingerprint density at radius 1 is 1.10 bits per heavy atom. The van der Waals surface area contributed by atoms with Gasteiger partial charge in [0.25, 0.3) is 0 Å². The molecule has 0 aromatic heterocycles. The lowest BCUT2D eigenvalue weighted by Gasteiger charge is -2.20. The summed E-state index contributed by atoms with van der Waals surface area (Å²) >= 11 is 3.46. The summed E-state index contributed by atoms with van der Waals surface area (Å²) in [6.07, 6.45) is 0. The van der Waals surface area contributed by atoms with Gasteiger partial charge in [-0.15, -0.1) is 0 Å². The molecule has 0 radical (unpaired) electrons. The summed E-state index contributed by atoms with van der Waals surface area (Å²) in [6.45, 7) is 1.32. The van der Waals surface area contributed by atoms with Crippen molar-refractivity contribution >= 4 is 15.9 Å². The lowest BCUT2D eigenvalue weighted by atomic mass is 10.2. The van der Waals surface area contributed by atoms with Crippen LogP contribution in [-0.4, -0.2) is 13.2 Å². The Labute approximate surface area is 124 Å². The zero-order chi connectivity index (χ0) is 13.9. The molecule has 1 aliphatic rings. The van der Waals surface area contributed by atoms with E-state index in [1.54, 1.807) is 18.2 Å². The number of halogens is 2. The summed E-state index contributed by atoms with van der Waals surface area (Å²) in [5.41, 5.74) is 0.873. The Hall–Kier alpha value is -1.75. The maximum atomic E-state index is 13.5. The number of para-hydroxylation sites is 1. The van der Waals surface area contributed by atoms with Gasteiger partial charge in [-0.25, -0.2) is 4.39 Å². The molecule has 104 valence electrons. The molecule has 0 aliphatic carbocycles. The fourth-order valence-corrected chi connectivity index (χ4v) is 2.37. The van der Waals surface area contributed by atoms with Crippen molar-refractivity contribution in [3.63, 3.8) is 0 Å². The average molecular weight is 339 g/mol. The van der Waals surface area contributed by atoms with Crippen LogP contribution in [0.25, 0.3) is 0 Å². The molecule has 2 aromatic rings. The Morgan fingerprint density at radius 3 is 2.55 bits per heavy atom. The van der Waals surface area contributed by atoms with Crippen molar-refractivity contribution in [2.75, 3.05) is 13.2 Å². The van der Waals surface area contributed by atoms with E-state index in [2.05, 4.69) is 15.9 Å². The number of rotatable bonds is 3. The second-order valence-electron chi connectivity index (χ2n) is 4.31. The molecule has 2 aromatic carbocycles. The van der Waals surface area contributed by atoms with E-state index in [1.807, 2.05) is 12.1 Å². The maximum absolute atomic E-state index is 13.5. The minimum Gasteiger partial charge on any atom is -0.486 e. The summed E-state index contributed by atoms with van der Waals surface area (Å²) in [6, 6.07) is 10.0. The van der Waals surface area contributed by atoms with E-state index in [4.69, 9.17) is 14.2 Å². The number of fused-ring (bicyclic) bond motifs is 1. The van der Waals surface area contributed by atoms with Crippen molar-refractivity contribution in [3.05, 3.63) is 52.3 Å². The van der Waals surface area contributed by atoms with Crippen molar-refractivity contribution in [2.24, 2.45) is 0 Å². The van der Waals surface area contributed by atoms with E-state index < -0.39 is 0 Å². The van der Waals surface area contributed by atoms with Crippen LogP contribution >= 0.6 is 15.9 Å². The largest absolute Gasteiger partial charge is 0.486 e. The highest BCUT2D eigenvalue weighted by Crippen LogP contribution is 2.36. The fraction of sp³-hybridized carbons (Fsp3) is 0.200. The zero-order valence-electron chi connectivity index (χ0n) is 10.6. The molecule has 3 rings (SSSR count). The van der Waals surface area contributed by atoms with Gasteiger partial charge in [0.05, 0.1) is 0 Å². The first kappa shape index (κ1) is 13.2. The highest BCUT2D eigenvalue weighted by atomic mass is 79.9. The monoisotopic (exact) mass is 338 g/mol. The van der Waals surface area contributed by atoms with Gasteiger partial charge in [-0.2, -0.15) is 0 Å². The first-order chi connectivity index (χ1) is 9.74. The van der Waals surface area contributed by atoms with E-state index in [-0.39, 0.29) is 18.2 Å². The molecule has 20 heavy (non-hydrogen) atoms. The highest BCUT2D eigenvalue weighted by molar-refractivity contribution is 9.10. The van der Waals surface area contributed by atoms with Gasteiger partial charge in [-0.05, 0) is 24.3 Å². The van der Waals surface area contributed by atoms with Gasteiger partial charge in [0.15, 0.2) is 23.1 Å². The quantitative estimate of drug-likeness (QED) is 0.848. The minimum atomic E-state index is -0.374. The first-order valence-corrected chi connectivity index (χ1v) is 6.98. The van der Waals surface area contributed by atoms with E-state index in [0.717, 1.165) is 10.0 Å². The van der Waals surface area contributed by atoms with Crippen molar-refractivity contribution in [2.45, 2.75) is 6.61 Å². The number of hydrogen-bond donors (Lipinski definition) is 0. The van der Waals surface area contributed by atoms with Crippen LogP contribution in [0.5, 0.6) is 17.2 Å². The number of hydrogen-bond acceptors (Lipinski definition) is 3. The standard InChI is InChI=1S/C15H12BrFO3/c16-11-8-15-14(18-5-6-19-15)7-10(11)9-20-13-4-2-1-3-12(13)17/h1-4,7-8H,5-6,9H2. The van der Waals surface area contributed by atoms with Gasteiger partial charge in [0, 0.05) is 10.0 Å². The molecular formula is C15H12BrFO3. The Morgan fingerprint density at radius 2 is 1.80 bits per heavy atom. The second kappa shape index (κ2) is 5.71. The molecule has 0 atom stereocenters. The molecule has 0 N–H and O–H groups in total. The van der Waals surface area contributed by atoms with Crippen LogP contribution < -0.4 is 14.2 Å². The SMILES string of the molecule is Fc1ccccc1OCc1cc2c(cc1Br)OCCO2. The summed E-state index contributed by atoms with van der Waals surface area (Å²) in [7, 11) is 0. The average Bonchev–Trinajstić information content (AvgIpc) is 2.46. The highest BCUT2D eigenvalue weighted by Gasteiger charge is 2.15. The Balaban J connectivity index is 1.79. The smallest absolute Gasteiger partial charge is 0.165 e. The van der Waals surface area contributed by atoms with Gasteiger partial charge >= 0.3 is 0 Å². The van der Waals surface area contributed by atoms with Crippen LogP contribution in [0.3, 0.4) is 0 Å². The summed E-state index contributed by atoms with van der Waals surface area (Å²) in [5.74, 6) is 1.25. The second-order valence-corrected chi connectivity index (χ2v) is 5.16. The summed E-state index contributed by atoms with van der Waals surface area (Å²) in [5, 5.41) is 0. The van der Waals surface area contributed by atoms with E-state index in [9.17, 15) is 4.39 Å². The van der Waals surface area contributed by atoms with Crippen LogP contribution in [-0.2, 0) is 6.61 Å². The van der Waals surface area contributed by atoms with Crippen LogP contribution in [0.1, 0.15) is 5.56 Å². The fourth-order valence-electron chi connectivity index (χ4n) is 1.93. The molecule has 0 saturated carbocycles. The van der Waals surface area contributed by atoms with Crippen LogP contribution in [0, 0.1) is 5.82 Å². The topological polar surface area (TPSA) is 27.7 Å². The molecule has 1 heterocycles. The Kier molecular flexibility index (Phi) is 3.78. The molecule has 0 bridgehead atoms. The molecule has 0 spiro atoms. The molecule has 1 aliphatic heterocycles. The number of ether oxygens (including phenoxy) is 3. The van der Waals surface area contributed by atoms with Crippen molar-refractivity contribution in [1.82, 2.24) is 0 Å². The minimum absolute atomic E-state index is 0.231. The van der Waals surface area contributed by atoms with Gasteiger partial charge in [-0.3, -0.25) is 0 Å². The first-order valence-electron chi connectivity index (χ1n) is 6.19. The van der Waals surface area contributed by atoms with Crippen LogP contribution in [0.4, 0.5) is 4.39 Å². The van der Waals surface area contributed by atoms with Crippen molar-refractivity contribution in [1.29, 1.82) is 0 Å². The molecule has 0 fully saturated rings. The van der Waals surface area contributed by atoms with Gasteiger partial charge in [-0.1, -0.05) is 28.1 Å². The molecule has 5 heteroatoms. The van der Waals surface area contributed by atoms with Crippen LogP contribution in [0.2, 0.25) is 0 Å². The lowest BCUT2D eigenvalue weighted by Crippen LogP contribution is -2.15. The predicted molar refractivity (Wildman–Crippen MR) is 75.9 cm³/mol. The lowest BCUT2D eigenvalue weighted by molar-refractivity contribution is 0.170. The normalized spacial score (nSPS) is 13.1. The van der Waals surface area contributed by atoms with Gasteiger partial charge in [0.2, 0.25) is 0 Å². The van der Waals surface area contributed by atoms with Crippen LogP contribution in [0.15, 0.2) is 40.9 Å².